The highest BCUT2D eigenvalue weighted by molar-refractivity contribution is 7.11. The van der Waals surface area contributed by atoms with Crippen LogP contribution < -0.4 is 10.6 Å². The molecule has 1 heterocycles. The predicted molar refractivity (Wildman–Crippen MR) is 92.6 cm³/mol. The highest BCUT2D eigenvalue weighted by Gasteiger charge is 2.17. The van der Waals surface area contributed by atoms with Crippen LogP contribution in [0.3, 0.4) is 0 Å². The van der Waals surface area contributed by atoms with Crippen LogP contribution in [0, 0.1) is 12.7 Å². The summed E-state index contributed by atoms with van der Waals surface area (Å²) >= 11 is 1.67. The van der Waals surface area contributed by atoms with Gasteiger partial charge in [0, 0.05) is 16.3 Å². The summed E-state index contributed by atoms with van der Waals surface area (Å²) in [7, 11) is 0. The first-order chi connectivity index (χ1) is 10.7. The van der Waals surface area contributed by atoms with Gasteiger partial charge in [0.2, 0.25) is 0 Å². The van der Waals surface area contributed by atoms with Crippen LogP contribution in [0.2, 0.25) is 0 Å². The van der Waals surface area contributed by atoms with Gasteiger partial charge < -0.3 is 10.1 Å². The summed E-state index contributed by atoms with van der Waals surface area (Å²) in [6.07, 6.45) is -0.570. The lowest BCUT2D eigenvalue weighted by atomic mass is 10.2. The Kier molecular flexibility index (Phi) is 5.26. The third-order valence-corrected chi connectivity index (χ3v) is 3.87. The molecule has 1 aromatic heterocycles. The number of carbonyl (C=O) groups excluding carboxylic acids is 1. The Bertz CT molecular complexity index is 692. The lowest BCUT2D eigenvalue weighted by Crippen LogP contribution is -2.27. The van der Waals surface area contributed by atoms with E-state index >= 15 is 0 Å². The fraction of sp³-hybridized carbons (Fsp3) is 0.353. The minimum atomic E-state index is -0.591. The van der Waals surface area contributed by atoms with Crippen LogP contribution in [0.15, 0.2) is 30.3 Å². The van der Waals surface area contributed by atoms with Crippen LogP contribution in [0.5, 0.6) is 0 Å². The number of amides is 1. The lowest BCUT2D eigenvalue weighted by molar-refractivity contribution is 0.0636. The van der Waals surface area contributed by atoms with E-state index in [9.17, 15) is 9.18 Å². The number of rotatable bonds is 4. The second-order valence-electron chi connectivity index (χ2n) is 6.18. The van der Waals surface area contributed by atoms with E-state index in [4.69, 9.17) is 4.74 Å². The number of nitrogens with one attached hydrogen (secondary N) is 2. The SMILES string of the molecule is Cc1ccc(CNc2cc(F)ccc2NC(=O)OC(C)(C)C)s1. The molecule has 124 valence electrons. The summed E-state index contributed by atoms with van der Waals surface area (Å²) < 4.78 is 18.7. The molecule has 0 unspecified atom stereocenters. The molecule has 1 amide bonds. The van der Waals surface area contributed by atoms with E-state index in [1.165, 1.54) is 23.1 Å². The van der Waals surface area contributed by atoms with Crippen LogP contribution in [0.1, 0.15) is 30.5 Å². The van der Waals surface area contributed by atoms with Crippen molar-refractivity contribution in [3.8, 4) is 0 Å². The molecule has 0 aliphatic rings. The molecular formula is C17H21FN2O2S. The maximum Gasteiger partial charge on any atom is 0.412 e. The van der Waals surface area contributed by atoms with E-state index in [2.05, 4.69) is 10.6 Å². The lowest BCUT2D eigenvalue weighted by Gasteiger charge is -2.20. The normalized spacial score (nSPS) is 11.2. The highest BCUT2D eigenvalue weighted by atomic mass is 32.1. The van der Waals surface area contributed by atoms with E-state index in [-0.39, 0.29) is 5.82 Å². The Morgan fingerprint density at radius 3 is 2.57 bits per heavy atom. The molecule has 1 aromatic carbocycles. The topological polar surface area (TPSA) is 50.4 Å². The molecule has 0 spiro atoms. The number of aryl methyl sites for hydroxylation is 1. The number of carbonyl (C=O) groups is 1. The molecule has 23 heavy (non-hydrogen) atoms. The Balaban J connectivity index is 2.09. The average molecular weight is 336 g/mol. The Hall–Kier alpha value is -2.08. The maximum absolute atomic E-state index is 13.5. The van der Waals surface area contributed by atoms with Gasteiger partial charge in [-0.2, -0.15) is 0 Å². The van der Waals surface area contributed by atoms with Gasteiger partial charge >= 0.3 is 6.09 Å². The molecule has 6 heteroatoms. The van der Waals surface area contributed by atoms with E-state index in [0.717, 1.165) is 4.88 Å². The summed E-state index contributed by atoms with van der Waals surface area (Å²) in [6.45, 7) is 7.96. The van der Waals surface area contributed by atoms with Gasteiger partial charge in [-0.25, -0.2) is 9.18 Å². The first-order valence-electron chi connectivity index (χ1n) is 7.32. The molecular weight excluding hydrogens is 315 g/mol. The largest absolute Gasteiger partial charge is 0.444 e. The van der Waals surface area contributed by atoms with Crippen molar-refractivity contribution < 1.29 is 13.9 Å². The first-order valence-corrected chi connectivity index (χ1v) is 8.13. The van der Waals surface area contributed by atoms with Crippen LogP contribution in [-0.2, 0) is 11.3 Å². The predicted octanol–water partition coefficient (Wildman–Crippen LogP) is 5.15. The molecule has 2 rings (SSSR count). The average Bonchev–Trinajstić information content (AvgIpc) is 2.82. The molecule has 2 N–H and O–H groups in total. The Morgan fingerprint density at radius 1 is 1.22 bits per heavy atom. The summed E-state index contributed by atoms with van der Waals surface area (Å²) in [5, 5.41) is 5.80. The number of hydrogen-bond donors (Lipinski definition) is 2. The van der Waals surface area contributed by atoms with Crippen LogP contribution in [-0.4, -0.2) is 11.7 Å². The summed E-state index contributed by atoms with van der Waals surface area (Å²) in [5.41, 5.74) is 0.405. The molecule has 4 nitrogen and oxygen atoms in total. The number of benzene rings is 1. The molecule has 0 bridgehead atoms. The van der Waals surface area contributed by atoms with Crippen molar-refractivity contribution in [2.45, 2.75) is 39.8 Å². The molecule has 0 aliphatic heterocycles. The highest BCUT2D eigenvalue weighted by Crippen LogP contribution is 2.25. The number of halogens is 1. The second kappa shape index (κ2) is 7.00. The fourth-order valence-corrected chi connectivity index (χ4v) is 2.78. The maximum atomic E-state index is 13.5. The molecule has 0 atom stereocenters. The van der Waals surface area contributed by atoms with Crippen molar-refractivity contribution in [3.05, 3.63) is 45.9 Å². The smallest absolute Gasteiger partial charge is 0.412 e. The van der Waals surface area contributed by atoms with Gasteiger partial charge in [-0.15, -0.1) is 11.3 Å². The number of ether oxygens (including phenoxy) is 1. The van der Waals surface area contributed by atoms with Crippen molar-refractivity contribution in [2.75, 3.05) is 10.6 Å². The zero-order valence-electron chi connectivity index (χ0n) is 13.7. The number of thiophene rings is 1. The van der Waals surface area contributed by atoms with Crippen molar-refractivity contribution in [1.29, 1.82) is 0 Å². The third-order valence-electron chi connectivity index (χ3n) is 2.87. The van der Waals surface area contributed by atoms with Crippen molar-refractivity contribution in [1.82, 2.24) is 0 Å². The minimum absolute atomic E-state index is 0.371. The van der Waals surface area contributed by atoms with Crippen LogP contribution >= 0.6 is 11.3 Å². The van der Waals surface area contributed by atoms with Gasteiger partial charge in [0.15, 0.2) is 0 Å². The molecule has 0 saturated heterocycles. The Morgan fingerprint density at radius 2 is 1.96 bits per heavy atom. The Labute approximate surface area is 139 Å². The van der Waals surface area contributed by atoms with Crippen molar-refractivity contribution >= 4 is 28.8 Å². The van der Waals surface area contributed by atoms with Crippen LogP contribution in [0.4, 0.5) is 20.6 Å². The standard InChI is InChI=1S/C17H21FN2O2S/c1-11-5-7-13(23-11)10-19-15-9-12(18)6-8-14(15)20-16(21)22-17(2,3)4/h5-9,19H,10H2,1-4H3,(H,20,21). The van der Waals surface area contributed by atoms with E-state index in [0.29, 0.717) is 17.9 Å². The second-order valence-corrected chi connectivity index (χ2v) is 7.56. The fourth-order valence-electron chi connectivity index (χ4n) is 1.95. The van der Waals surface area contributed by atoms with Gasteiger partial charge in [0.25, 0.3) is 0 Å². The molecule has 0 fully saturated rings. The summed E-state index contributed by atoms with van der Waals surface area (Å²) in [4.78, 5) is 14.2. The molecule has 0 radical (unpaired) electrons. The van der Waals surface area contributed by atoms with E-state index in [1.807, 2.05) is 19.1 Å². The van der Waals surface area contributed by atoms with Gasteiger partial charge in [0.1, 0.15) is 11.4 Å². The van der Waals surface area contributed by atoms with Crippen LogP contribution in [0.25, 0.3) is 0 Å². The minimum Gasteiger partial charge on any atom is -0.444 e. The van der Waals surface area contributed by atoms with E-state index in [1.54, 1.807) is 32.1 Å². The zero-order valence-corrected chi connectivity index (χ0v) is 14.5. The number of hydrogen-bond acceptors (Lipinski definition) is 4. The monoisotopic (exact) mass is 336 g/mol. The van der Waals surface area contributed by atoms with Crippen molar-refractivity contribution in [3.63, 3.8) is 0 Å². The molecule has 0 aliphatic carbocycles. The molecule has 2 aromatic rings. The van der Waals surface area contributed by atoms with Gasteiger partial charge in [0.05, 0.1) is 11.4 Å². The molecule has 0 saturated carbocycles. The quantitative estimate of drug-likeness (QED) is 0.811. The van der Waals surface area contributed by atoms with Gasteiger partial charge in [-0.3, -0.25) is 5.32 Å². The third kappa shape index (κ3) is 5.56. The van der Waals surface area contributed by atoms with Gasteiger partial charge in [-0.1, -0.05) is 0 Å². The first kappa shape index (κ1) is 17.3. The zero-order chi connectivity index (χ0) is 17.0. The number of anilines is 2. The van der Waals surface area contributed by atoms with Crippen molar-refractivity contribution in [2.24, 2.45) is 0 Å². The van der Waals surface area contributed by atoms with E-state index < -0.39 is 11.7 Å². The van der Waals surface area contributed by atoms with Gasteiger partial charge in [-0.05, 0) is 58.0 Å². The summed E-state index contributed by atoms with van der Waals surface area (Å²) in [5.74, 6) is -0.371. The summed E-state index contributed by atoms with van der Waals surface area (Å²) in [6, 6.07) is 8.22.